The van der Waals surface area contributed by atoms with Gasteiger partial charge in [-0.05, 0) is 24.6 Å². The number of hydrogen-bond acceptors (Lipinski definition) is 6. The maximum absolute atomic E-state index is 10.2. The Morgan fingerprint density at radius 2 is 2.08 bits per heavy atom. The minimum atomic E-state index is 0.0291. The van der Waals surface area contributed by atoms with Gasteiger partial charge in [0.2, 0.25) is 5.16 Å². The lowest BCUT2D eigenvalue weighted by atomic mass is 10.2. The number of aromatic nitrogens is 3. The lowest BCUT2D eigenvalue weighted by Crippen LogP contribution is -1.94. The second kappa shape index (κ2) is 8.37. The lowest BCUT2D eigenvalue weighted by molar-refractivity contribution is 0.373. The fourth-order valence-electron chi connectivity index (χ4n) is 2.20. The Kier molecular flexibility index (Phi) is 5.95. The largest absolute Gasteiger partial charge is 0.504 e. The molecule has 0 unspecified atom stereocenters. The second-order valence-corrected chi connectivity index (χ2v) is 7.38. The number of thioether (sulfide) groups is 1. The summed E-state index contributed by atoms with van der Waals surface area (Å²) >= 11 is 4.93. The van der Waals surface area contributed by atoms with Crippen molar-refractivity contribution in [3.05, 3.63) is 63.9 Å². The molecule has 0 fully saturated rings. The van der Waals surface area contributed by atoms with E-state index in [2.05, 4.69) is 62.4 Å². The van der Waals surface area contributed by atoms with Crippen LogP contribution in [0.25, 0.3) is 0 Å². The van der Waals surface area contributed by atoms with Crippen molar-refractivity contribution in [3.63, 3.8) is 0 Å². The van der Waals surface area contributed by atoms with Crippen molar-refractivity contribution >= 4 is 33.9 Å². The Morgan fingerprint density at radius 1 is 1.31 bits per heavy atom. The van der Waals surface area contributed by atoms with Crippen LogP contribution in [0.3, 0.4) is 0 Å². The standard InChI is InChI=1S/C18H17BrN4O2S/c1-12-3-5-13(6-4-12)10-26-18-22-20-11-23(18)21-9-14-7-15(19)8-16(25-2)17(14)24/h3-9,11,24H,10H2,1-2H3/b21-9+. The summed E-state index contributed by atoms with van der Waals surface area (Å²) < 4.78 is 7.50. The molecule has 134 valence electrons. The topological polar surface area (TPSA) is 72.5 Å². The zero-order valence-corrected chi connectivity index (χ0v) is 16.7. The first-order valence-corrected chi connectivity index (χ1v) is 9.54. The number of nitrogens with zero attached hydrogens (tertiary/aromatic N) is 4. The number of benzene rings is 2. The number of methoxy groups -OCH3 is 1. The van der Waals surface area contributed by atoms with Crippen LogP contribution in [0, 0.1) is 6.92 Å². The van der Waals surface area contributed by atoms with Gasteiger partial charge in [-0.3, -0.25) is 0 Å². The second-order valence-electron chi connectivity index (χ2n) is 5.52. The predicted octanol–water partition coefficient (Wildman–Crippen LogP) is 4.24. The smallest absolute Gasteiger partial charge is 0.212 e. The van der Waals surface area contributed by atoms with E-state index < -0.39 is 0 Å². The van der Waals surface area contributed by atoms with Crippen molar-refractivity contribution in [3.8, 4) is 11.5 Å². The molecule has 0 amide bonds. The van der Waals surface area contributed by atoms with Crippen LogP contribution in [-0.4, -0.2) is 33.3 Å². The molecule has 0 radical (unpaired) electrons. The van der Waals surface area contributed by atoms with Crippen molar-refractivity contribution in [1.82, 2.24) is 14.9 Å². The molecule has 0 aliphatic heterocycles. The predicted molar refractivity (Wildman–Crippen MR) is 106 cm³/mol. The molecule has 1 aromatic heterocycles. The van der Waals surface area contributed by atoms with Crippen molar-refractivity contribution in [2.24, 2.45) is 5.10 Å². The van der Waals surface area contributed by atoms with Crippen LogP contribution in [0.4, 0.5) is 0 Å². The molecule has 26 heavy (non-hydrogen) atoms. The molecule has 0 saturated heterocycles. The van der Waals surface area contributed by atoms with Crippen LogP contribution in [0.15, 0.2) is 57.5 Å². The lowest BCUT2D eigenvalue weighted by Gasteiger charge is -2.07. The first-order valence-electron chi connectivity index (χ1n) is 7.76. The number of phenolic OH excluding ortho intramolecular Hbond substituents is 1. The number of ether oxygens (including phenoxy) is 1. The highest BCUT2D eigenvalue weighted by Gasteiger charge is 2.09. The Hall–Kier alpha value is -2.32. The highest BCUT2D eigenvalue weighted by molar-refractivity contribution is 9.10. The van der Waals surface area contributed by atoms with Gasteiger partial charge in [0, 0.05) is 15.8 Å². The Labute approximate surface area is 164 Å². The van der Waals surface area contributed by atoms with E-state index in [1.165, 1.54) is 24.6 Å². The molecule has 0 saturated carbocycles. The fraction of sp³-hybridized carbons (Fsp3) is 0.167. The van der Waals surface area contributed by atoms with Gasteiger partial charge in [0.05, 0.1) is 13.3 Å². The summed E-state index contributed by atoms with van der Waals surface area (Å²) in [5.74, 6) is 1.17. The SMILES string of the molecule is COc1cc(Br)cc(/C=N/n2cnnc2SCc2ccc(C)cc2)c1O. The quantitative estimate of drug-likeness (QED) is 0.465. The maximum atomic E-state index is 10.2. The minimum Gasteiger partial charge on any atom is -0.504 e. The third-order valence-electron chi connectivity index (χ3n) is 3.60. The molecule has 0 atom stereocenters. The van der Waals surface area contributed by atoms with Crippen molar-refractivity contribution in [2.75, 3.05) is 7.11 Å². The Morgan fingerprint density at radius 3 is 2.81 bits per heavy atom. The number of rotatable bonds is 6. The molecule has 0 spiro atoms. The van der Waals surface area contributed by atoms with Gasteiger partial charge < -0.3 is 9.84 Å². The van der Waals surface area contributed by atoms with Gasteiger partial charge >= 0.3 is 0 Å². The van der Waals surface area contributed by atoms with Crippen molar-refractivity contribution in [2.45, 2.75) is 17.8 Å². The van der Waals surface area contributed by atoms with E-state index in [0.29, 0.717) is 16.5 Å². The molecule has 3 rings (SSSR count). The van der Waals surface area contributed by atoms with Crippen LogP contribution >= 0.6 is 27.7 Å². The average Bonchev–Trinajstić information content (AvgIpc) is 3.09. The minimum absolute atomic E-state index is 0.0291. The zero-order chi connectivity index (χ0) is 18.5. The van der Waals surface area contributed by atoms with Gasteiger partial charge in [0.1, 0.15) is 6.33 Å². The molecule has 3 aromatic rings. The first-order chi connectivity index (χ1) is 12.6. The van der Waals surface area contributed by atoms with Crippen molar-refractivity contribution < 1.29 is 9.84 Å². The zero-order valence-electron chi connectivity index (χ0n) is 14.3. The molecule has 0 aliphatic carbocycles. The highest BCUT2D eigenvalue weighted by atomic mass is 79.9. The van der Waals surface area contributed by atoms with E-state index in [1.807, 2.05) is 0 Å². The van der Waals surface area contributed by atoms with E-state index in [1.54, 1.807) is 34.8 Å². The van der Waals surface area contributed by atoms with Crippen LogP contribution in [-0.2, 0) is 5.75 Å². The average molecular weight is 433 g/mol. The van der Waals surface area contributed by atoms with Gasteiger partial charge in [0.25, 0.3) is 0 Å². The first kappa shape index (κ1) is 18.5. The summed E-state index contributed by atoms with van der Waals surface area (Å²) in [4.78, 5) is 0. The molecule has 6 nitrogen and oxygen atoms in total. The molecule has 0 aliphatic rings. The van der Waals surface area contributed by atoms with Gasteiger partial charge in [0.15, 0.2) is 11.5 Å². The normalized spacial score (nSPS) is 11.2. The van der Waals surface area contributed by atoms with Gasteiger partial charge in [-0.25, -0.2) is 0 Å². The molecule has 1 N–H and O–H groups in total. The molecule has 1 heterocycles. The van der Waals surface area contributed by atoms with Crippen molar-refractivity contribution in [1.29, 1.82) is 0 Å². The number of aryl methyl sites for hydroxylation is 1. The van der Waals surface area contributed by atoms with E-state index in [9.17, 15) is 5.11 Å². The fourth-order valence-corrected chi connectivity index (χ4v) is 3.47. The van der Waals surface area contributed by atoms with Crippen LogP contribution < -0.4 is 4.74 Å². The van der Waals surface area contributed by atoms with E-state index in [0.717, 1.165) is 10.2 Å². The summed E-state index contributed by atoms with van der Waals surface area (Å²) in [6, 6.07) is 11.8. The Balaban J connectivity index is 1.75. The monoisotopic (exact) mass is 432 g/mol. The van der Waals surface area contributed by atoms with Crippen LogP contribution in [0.5, 0.6) is 11.5 Å². The summed E-state index contributed by atoms with van der Waals surface area (Å²) in [6.45, 7) is 2.06. The molecule has 0 bridgehead atoms. The number of halogens is 1. The summed E-state index contributed by atoms with van der Waals surface area (Å²) in [6.07, 6.45) is 3.07. The number of hydrogen-bond donors (Lipinski definition) is 1. The molecular formula is C18H17BrN4O2S. The number of aromatic hydroxyl groups is 1. The highest BCUT2D eigenvalue weighted by Crippen LogP contribution is 2.32. The summed E-state index contributed by atoms with van der Waals surface area (Å²) in [5, 5.41) is 23.2. The summed E-state index contributed by atoms with van der Waals surface area (Å²) in [5.41, 5.74) is 2.96. The number of phenols is 1. The Bertz CT molecular complexity index is 925. The third kappa shape index (κ3) is 4.44. The third-order valence-corrected chi connectivity index (χ3v) is 5.06. The molecular weight excluding hydrogens is 416 g/mol. The van der Waals surface area contributed by atoms with Gasteiger partial charge in [-0.1, -0.05) is 57.5 Å². The van der Waals surface area contributed by atoms with E-state index in [4.69, 9.17) is 4.74 Å². The van der Waals surface area contributed by atoms with E-state index >= 15 is 0 Å². The van der Waals surface area contributed by atoms with Gasteiger partial charge in [-0.15, -0.1) is 10.2 Å². The van der Waals surface area contributed by atoms with E-state index in [-0.39, 0.29) is 5.75 Å². The van der Waals surface area contributed by atoms with Crippen LogP contribution in [0.2, 0.25) is 0 Å². The van der Waals surface area contributed by atoms with Crippen LogP contribution in [0.1, 0.15) is 16.7 Å². The van der Waals surface area contributed by atoms with Gasteiger partial charge in [-0.2, -0.15) is 9.78 Å². The molecule has 2 aromatic carbocycles. The molecule has 8 heteroatoms. The summed E-state index contributed by atoms with van der Waals surface area (Å²) in [7, 11) is 1.50. The maximum Gasteiger partial charge on any atom is 0.212 e.